The van der Waals surface area contributed by atoms with Crippen LogP contribution >= 0.6 is 23.2 Å². The van der Waals surface area contributed by atoms with Gasteiger partial charge in [-0.2, -0.15) is 0 Å². The van der Waals surface area contributed by atoms with Gasteiger partial charge in [-0.05, 0) is 23.7 Å². The van der Waals surface area contributed by atoms with Crippen LogP contribution in [0.3, 0.4) is 0 Å². The lowest BCUT2D eigenvalue weighted by Gasteiger charge is -1.99. The molecule has 1 rings (SSSR count). The van der Waals surface area contributed by atoms with Gasteiger partial charge in [0, 0.05) is 5.56 Å². The van der Waals surface area contributed by atoms with Crippen molar-refractivity contribution in [1.82, 2.24) is 0 Å². The molecule has 0 radical (unpaired) electrons. The van der Waals surface area contributed by atoms with Crippen molar-refractivity contribution in [3.05, 3.63) is 34.9 Å². The Balaban J connectivity index is 2.89. The van der Waals surface area contributed by atoms with Crippen LogP contribution in [0.4, 0.5) is 0 Å². The number of rotatable bonds is 3. The van der Waals surface area contributed by atoms with E-state index in [-0.39, 0.29) is 12.2 Å². The highest BCUT2D eigenvalue weighted by molar-refractivity contribution is 6.65. The van der Waals surface area contributed by atoms with E-state index in [9.17, 15) is 9.59 Å². The normalized spacial score (nSPS) is 9.69. The van der Waals surface area contributed by atoms with Gasteiger partial charge in [0.2, 0.25) is 5.24 Å². The van der Waals surface area contributed by atoms with Gasteiger partial charge in [0.05, 0.1) is 11.4 Å². The number of benzene rings is 1. The molecule has 13 heavy (non-hydrogen) atoms. The van der Waals surface area contributed by atoms with E-state index in [0.29, 0.717) is 10.6 Å². The minimum atomic E-state index is -0.676. The third kappa shape index (κ3) is 2.83. The number of carbonyl (C=O) groups excluding carboxylic acids is 2. The van der Waals surface area contributed by atoms with Gasteiger partial charge in [-0.25, -0.2) is 0 Å². The van der Waals surface area contributed by atoms with E-state index in [1.54, 1.807) is 24.3 Å². The van der Waals surface area contributed by atoms with Crippen LogP contribution in [-0.4, -0.2) is 11.0 Å². The Bertz CT molecular complexity index is 347. The van der Waals surface area contributed by atoms with Crippen LogP contribution < -0.4 is 0 Å². The fourth-order valence-corrected chi connectivity index (χ4v) is 1.27. The monoisotopic (exact) mass is 216 g/mol. The van der Waals surface area contributed by atoms with E-state index < -0.39 is 5.24 Å². The van der Waals surface area contributed by atoms with Gasteiger partial charge in [-0.3, -0.25) is 9.59 Å². The molecular formula is C9H6Cl2O2. The smallest absolute Gasteiger partial charge is 0.229 e. The Hall–Kier alpha value is -0.860. The van der Waals surface area contributed by atoms with E-state index in [2.05, 4.69) is 0 Å². The summed E-state index contributed by atoms with van der Waals surface area (Å²) in [5.74, 6) is -0.356. The minimum absolute atomic E-state index is 0.314. The maximum absolute atomic E-state index is 11.3. The molecule has 0 fully saturated rings. The van der Waals surface area contributed by atoms with Crippen molar-refractivity contribution < 1.29 is 9.59 Å². The summed E-state index contributed by atoms with van der Waals surface area (Å²) in [5, 5.41) is -0.338. The first-order chi connectivity index (χ1) is 6.11. The molecule has 0 N–H and O–H groups in total. The highest BCUT2D eigenvalue weighted by Gasteiger charge is 2.12. The maximum Gasteiger partial charge on any atom is 0.229 e. The zero-order valence-corrected chi connectivity index (χ0v) is 8.10. The largest absolute Gasteiger partial charge is 0.294 e. The molecule has 68 valence electrons. The summed E-state index contributed by atoms with van der Waals surface area (Å²) in [6, 6.07) is 6.54. The minimum Gasteiger partial charge on any atom is -0.294 e. The Morgan fingerprint density at radius 3 is 2.38 bits per heavy atom. The van der Waals surface area contributed by atoms with E-state index in [4.69, 9.17) is 23.2 Å². The molecule has 0 aliphatic rings. The molecule has 0 saturated carbocycles. The van der Waals surface area contributed by atoms with E-state index in [0.717, 1.165) is 0 Å². The second-order valence-electron chi connectivity index (χ2n) is 2.43. The Morgan fingerprint density at radius 1 is 1.23 bits per heavy atom. The molecule has 4 heteroatoms. The maximum atomic E-state index is 11.3. The van der Waals surface area contributed by atoms with Gasteiger partial charge in [0.25, 0.3) is 0 Å². The average Bonchev–Trinajstić information content (AvgIpc) is 2.03. The van der Waals surface area contributed by atoms with Crippen molar-refractivity contribution in [2.75, 3.05) is 0 Å². The van der Waals surface area contributed by atoms with Gasteiger partial charge in [0.15, 0.2) is 5.78 Å². The van der Waals surface area contributed by atoms with Crippen LogP contribution in [0.25, 0.3) is 0 Å². The lowest BCUT2D eigenvalue weighted by Crippen LogP contribution is -2.03. The van der Waals surface area contributed by atoms with Crippen molar-refractivity contribution in [1.29, 1.82) is 0 Å². The van der Waals surface area contributed by atoms with Crippen molar-refractivity contribution in [2.45, 2.75) is 6.42 Å². The summed E-state index contributed by atoms with van der Waals surface area (Å²) in [5.41, 5.74) is 0.332. The molecule has 2 nitrogen and oxygen atoms in total. The molecule has 0 aliphatic carbocycles. The zero-order chi connectivity index (χ0) is 9.84. The molecule has 0 atom stereocenters. The van der Waals surface area contributed by atoms with E-state index >= 15 is 0 Å². The van der Waals surface area contributed by atoms with Crippen molar-refractivity contribution in [3.63, 3.8) is 0 Å². The van der Waals surface area contributed by atoms with Crippen LogP contribution in [0.2, 0.25) is 5.02 Å². The van der Waals surface area contributed by atoms with Gasteiger partial charge in [-0.15, -0.1) is 0 Å². The quantitative estimate of drug-likeness (QED) is 0.443. The van der Waals surface area contributed by atoms with E-state index in [1.807, 2.05) is 0 Å². The fraction of sp³-hybridized carbons (Fsp3) is 0.111. The van der Waals surface area contributed by atoms with Crippen LogP contribution in [0, 0.1) is 0 Å². The molecule has 1 aromatic rings. The average molecular weight is 217 g/mol. The summed E-state index contributed by atoms with van der Waals surface area (Å²) in [7, 11) is 0. The number of halogens is 2. The summed E-state index contributed by atoms with van der Waals surface area (Å²) >= 11 is 10.8. The number of ketones is 1. The van der Waals surface area contributed by atoms with E-state index in [1.165, 1.54) is 0 Å². The number of hydrogen-bond acceptors (Lipinski definition) is 2. The predicted molar refractivity (Wildman–Crippen MR) is 51.3 cm³/mol. The second kappa shape index (κ2) is 4.40. The van der Waals surface area contributed by atoms with Crippen LogP contribution in [-0.2, 0) is 4.79 Å². The van der Waals surface area contributed by atoms with Crippen molar-refractivity contribution in [2.24, 2.45) is 0 Å². The summed E-state index contributed by atoms with van der Waals surface area (Å²) in [6.45, 7) is 0. The van der Waals surface area contributed by atoms with Crippen LogP contribution in [0.1, 0.15) is 16.8 Å². The summed E-state index contributed by atoms with van der Waals surface area (Å²) < 4.78 is 0. The second-order valence-corrected chi connectivity index (χ2v) is 3.26. The lowest BCUT2D eigenvalue weighted by molar-refractivity contribution is -0.110. The predicted octanol–water partition coefficient (Wildman–Crippen LogP) is 2.68. The SMILES string of the molecule is O=C(Cl)CC(=O)c1ccccc1Cl. The molecule has 0 aromatic heterocycles. The molecule has 0 heterocycles. The first kappa shape index (κ1) is 10.2. The Kier molecular flexibility index (Phi) is 3.46. The van der Waals surface area contributed by atoms with Gasteiger partial charge in [0.1, 0.15) is 0 Å². The third-order valence-corrected chi connectivity index (χ3v) is 1.94. The topological polar surface area (TPSA) is 34.1 Å². The number of hydrogen-bond donors (Lipinski definition) is 0. The highest BCUT2D eigenvalue weighted by Crippen LogP contribution is 2.16. The molecule has 0 aliphatic heterocycles. The number of carbonyl (C=O) groups is 2. The zero-order valence-electron chi connectivity index (χ0n) is 6.59. The standard InChI is InChI=1S/C9H6Cl2O2/c10-7-4-2-1-3-6(7)8(12)5-9(11)13/h1-4H,5H2. The summed E-state index contributed by atoms with van der Waals surface area (Å²) in [4.78, 5) is 21.7. The first-order valence-corrected chi connectivity index (χ1v) is 4.33. The fourth-order valence-electron chi connectivity index (χ4n) is 0.909. The van der Waals surface area contributed by atoms with Gasteiger partial charge < -0.3 is 0 Å². The molecule has 0 spiro atoms. The lowest BCUT2D eigenvalue weighted by atomic mass is 10.1. The first-order valence-electron chi connectivity index (χ1n) is 3.57. The molecule has 0 saturated heterocycles. The third-order valence-electron chi connectivity index (χ3n) is 1.47. The van der Waals surface area contributed by atoms with Crippen LogP contribution in [0.5, 0.6) is 0 Å². The van der Waals surface area contributed by atoms with Gasteiger partial charge in [-0.1, -0.05) is 23.7 Å². The number of Topliss-reactive ketones (excluding diaryl/α,β-unsaturated/α-hetero) is 1. The highest BCUT2D eigenvalue weighted by atomic mass is 35.5. The molecule has 0 unspecified atom stereocenters. The Labute approximate surface area is 85.5 Å². The van der Waals surface area contributed by atoms with Gasteiger partial charge >= 0.3 is 0 Å². The Morgan fingerprint density at radius 2 is 1.85 bits per heavy atom. The molecular weight excluding hydrogens is 211 g/mol. The molecule has 1 aromatic carbocycles. The summed E-state index contributed by atoms with van der Waals surface area (Å²) in [6.07, 6.45) is -0.314. The van der Waals surface area contributed by atoms with Crippen LogP contribution in [0.15, 0.2) is 24.3 Å². The van der Waals surface area contributed by atoms with Crippen molar-refractivity contribution in [3.8, 4) is 0 Å². The molecule has 0 bridgehead atoms. The molecule has 0 amide bonds. The van der Waals surface area contributed by atoms with Crippen molar-refractivity contribution >= 4 is 34.2 Å².